The van der Waals surface area contributed by atoms with Crippen LogP contribution in [0.2, 0.25) is 0 Å². The van der Waals surface area contributed by atoms with Crippen molar-refractivity contribution < 1.29 is 19.1 Å². The number of rotatable bonds is 9. The maximum atomic E-state index is 13.6. The zero-order valence-electron chi connectivity index (χ0n) is 20.8. The van der Waals surface area contributed by atoms with E-state index < -0.39 is 29.7 Å². The smallest absolute Gasteiger partial charge is 0.408 e. The van der Waals surface area contributed by atoms with Gasteiger partial charge in [0.2, 0.25) is 11.8 Å². The van der Waals surface area contributed by atoms with E-state index in [9.17, 15) is 14.4 Å². The molecule has 188 valence electrons. The zero-order chi connectivity index (χ0) is 25.3. The Morgan fingerprint density at radius 3 is 2.32 bits per heavy atom. The average Bonchev–Trinajstić information content (AvgIpc) is 2.77. The highest BCUT2D eigenvalue weighted by atomic mass is 32.1. The molecule has 2 N–H and O–H groups in total. The van der Waals surface area contributed by atoms with Crippen LogP contribution in [0.5, 0.6) is 0 Å². The number of thiol groups is 1. The van der Waals surface area contributed by atoms with Crippen molar-refractivity contribution in [1.82, 2.24) is 15.5 Å². The van der Waals surface area contributed by atoms with Gasteiger partial charge in [0.15, 0.2) is 0 Å². The van der Waals surface area contributed by atoms with E-state index >= 15 is 0 Å². The molecule has 7 nitrogen and oxygen atoms in total. The molecule has 34 heavy (non-hydrogen) atoms. The van der Waals surface area contributed by atoms with Crippen LogP contribution in [-0.4, -0.2) is 52.8 Å². The molecule has 0 radical (unpaired) electrons. The van der Waals surface area contributed by atoms with Gasteiger partial charge >= 0.3 is 6.09 Å². The van der Waals surface area contributed by atoms with E-state index in [2.05, 4.69) is 29.8 Å². The van der Waals surface area contributed by atoms with Crippen LogP contribution >= 0.6 is 12.6 Å². The lowest BCUT2D eigenvalue weighted by Gasteiger charge is -2.35. The molecule has 0 spiro atoms. The van der Waals surface area contributed by atoms with Gasteiger partial charge in [-0.2, -0.15) is 12.6 Å². The van der Waals surface area contributed by atoms with Gasteiger partial charge < -0.3 is 20.3 Å². The first-order valence-corrected chi connectivity index (χ1v) is 12.6. The summed E-state index contributed by atoms with van der Waals surface area (Å²) in [6.45, 7) is 11.1. The summed E-state index contributed by atoms with van der Waals surface area (Å²) < 4.78 is 5.31. The second-order valence-electron chi connectivity index (χ2n) is 9.82. The number of nitrogens with one attached hydrogen (secondary N) is 2. The molecular weight excluding hydrogens is 450 g/mol. The minimum absolute atomic E-state index is 0.0522. The zero-order valence-corrected chi connectivity index (χ0v) is 21.7. The number of ether oxygens (including phenoxy) is 1. The monoisotopic (exact) mass is 489 g/mol. The Hall–Kier alpha value is -2.48. The van der Waals surface area contributed by atoms with Crippen molar-refractivity contribution in [3.05, 3.63) is 48.0 Å². The van der Waals surface area contributed by atoms with Crippen molar-refractivity contribution in [2.45, 2.75) is 83.5 Å². The van der Waals surface area contributed by atoms with E-state index in [4.69, 9.17) is 4.74 Å². The van der Waals surface area contributed by atoms with E-state index in [1.165, 1.54) is 11.3 Å². The topological polar surface area (TPSA) is 87.7 Å². The minimum Gasteiger partial charge on any atom is -0.444 e. The fourth-order valence-corrected chi connectivity index (χ4v) is 4.29. The molecule has 1 aromatic rings. The summed E-state index contributed by atoms with van der Waals surface area (Å²) in [7, 11) is 0. The standard InChI is InChI=1S/C26H39N3O4S/c1-6-16-29(24(31)21(17-34)28-25(32)33-26(3,4)5)22(19-14-12-18(2)13-15-19)23(30)27-20-10-8-7-9-11-20/h6,12-15,20-22,34H,1,7-11,16-17H2,2-5H3,(H,27,30)(H,28,32). The third-order valence-electron chi connectivity index (χ3n) is 5.69. The SMILES string of the molecule is C=CCN(C(=O)C(CS)NC(=O)OC(C)(C)C)C(C(=O)NC1CCCCC1)c1ccc(C)cc1. The predicted molar refractivity (Wildman–Crippen MR) is 138 cm³/mol. The van der Waals surface area contributed by atoms with Crippen LogP contribution in [0.3, 0.4) is 0 Å². The van der Waals surface area contributed by atoms with Gasteiger partial charge in [-0.1, -0.05) is 55.2 Å². The second kappa shape index (κ2) is 12.8. The normalized spacial score (nSPS) is 16.1. The molecule has 0 aromatic heterocycles. The Kier molecular flexibility index (Phi) is 10.5. The molecule has 1 saturated carbocycles. The van der Waals surface area contributed by atoms with E-state index in [0.717, 1.165) is 31.2 Å². The number of carbonyl (C=O) groups excluding carboxylic acids is 3. The Labute approximate surface area is 209 Å². The van der Waals surface area contributed by atoms with Gasteiger partial charge in [0, 0.05) is 18.3 Å². The fourth-order valence-electron chi connectivity index (χ4n) is 4.05. The Bertz CT molecular complexity index is 845. The molecule has 1 aromatic carbocycles. The second-order valence-corrected chi connectivity index (χ2v) is 10.2. The van der Waals surface area contributed by atoms with Gasteiger partial charge in [-0.3, -0.25) is 9.59 Å². The van der Waals surface area contributed by atoms with Gasteiger partial charge in [0.25, 0.3) is 0 Å². The van der Waals surface area contributed by atoms with E-state index in [-0.39, 0.29) is 24.2 Å². The molecule has 1 aliphatic rings. The highest BCUT2D eigenvalue weighted by molar-refractivity contribution is 7.80. The number of amides is 3. The molecule has 2 atom stereocenters. The highest BCUT2D eigenvalue weighted by Gasteiger charge is 2.36. The van der Waals surface area contributed by atoms with Gasteiger partial charge in [0.05, 0.1) is 0 Å². The van der Waals surface area contributed by atoms with Crippen molar-refractivity contribution >= 4 is 30.5 Å². The first kappa shape index (κ1) is 27.8. The maximum Gasteiger partial charge on any atom is 0.408 e. The van der Waals surface area contributed by atoms with E-state index in [1.54, 1.807) is 26.8 Å². The number of benzene rings is 1. The summed E-state index contributed by atoms with van der Waals surface area (Å²) in [5.41, 5.74) is 1.04. The molecule has 0 bridgehead atoms. The number of alkyl carbamates (subject to hydrolysis) is 1. The first-order valence-electron chi connectivity index (χ1n) is 11.9. The van der Waals surface area contributed by atoms with E-state index in [1.807, 2.05) is 31.2 Å². The van der Waals surface area contributed by atoms with E-state index in [0.29, 0.717) is 5.56 Å². The van der Waals surface area contributed by atoms with Crippen LogP contribution in [0.15, 0.2) is 36.9 Å². The molecule has 3 amide bonds. The van der Waals surface area contributed by atoms with Gasteiger partial charge in [-0.05, 0) is 46.1 Å². The quantitative estimate of drug-likeness (QED) is 0.356. The Morgan fingerprint density at radius 2 is 1.79 bits per heavy atom. The fraction of sp³-hybridized carbons (Fsp3) is 0.577. The van der Waals surface area contributed by atoms with Crippen LogP contribution in [-0.2, 0) is 14.3 Å². The predicted octanol–water partition coefficient (Wildman–Crippen LogP) is 4.32. The molecule has 0 heterocycles. The molecule has 0 saturated heterocycles. The van der Waals surface area contributed by atoms with Crippen LogP contribution in [0, 0.1) is 6.92 Å². The van der Waals surface area contributed by atoms with Crippen molar-refractivity contribution in [3.63, 3.8) is 0 Å². The van der Waals surface area contributed by atoms with Crippen LogP contribution in [0.1, 0.15) is 70.0 Å². The molecule has 2 unspecified atom stereocenters. The molecule has 2 rings (SSSR count). The number of aryl methyl sites for hydroxylation is 1. The third-order valence-corrected chi connectivity index (χ3v) is 6.05. The first-order chi connectivity index (χ1) is 16.1. The third kappa shape index (κ3) is 8.38. The van der Waals surface area contributed by atoms with Crippen molar-refractivity contribution in [1.29, 1.82) is 0 Å². The number of hydrogen-bond acceptors (Lipinski definition) is 5. The Balaban J connectivity index is 2.34. The summed E-state index contributed by atoms with van der Waals surface area (Å²) >= 11 is 4.29. The molecule has 0 aliphatic heterocycles. The summed E-state index contributed by atoms with van der Waals surface area (Å²) in [6, 6.07) is 5.82. The van der Waals surface area contributed by atoms with Crippen LogP contribution in [0.25, 0.3) is 0 Å². The molecule has 1 aliphatic carbocycles. The highest BCUT2D eigenvalue weighted by Crippen LogP contribution is 2.25. The maximum absolute atomic E-state index is 13.6. The van der Waals surface area contributed by atoms with Crippen molar-refractivity contribution in [2.24, 2.45) is 0 Å². The Morgan fingerprint density at radius 1 is 1.18 bits per heavy atom. The minimum atomic E-state index is -0.964. The van der Waals surface area contributed by atoms with Gasteiger partial charge in [0.1, 0.15) is 17.7 Å². The lowest BCUT2D eigenvalue weighted by atomic mass is 9.94. The molecular formula is C26H39N3O4S. The summed E-state index contributed by atoms with van der Waals surface area (Å²) in [4.78, 5) is 41.0. The number of nitrogens with zero attached hydrogens (tertiary/aromatic N) is 1. The largest absolute Gasteiger partial charge is 0.444 e. The summed E-state index contributed by atoms with van der Waals surface area (Å²) in [5, 5.41) is 5.76. The van der Waals surface area contributed by atoms with Crippen LogP contribution in [0.4, 0.5) is 4.79 Å². The summed E-state index contributed by atoms with van der Waals surface area (Å²) in [5.74, 6) is -0.609. The lowest BCUT2D eigenvalue weighted by Crippen LogP contribution is -2.54. The van der Waals surface area contributed by atoms with Gasteiger partial charge in [-0.25, -0.2) is 4.79 Å². The summed E-state index contributed by atoms with van der Waals surface area (Å²) in [6.07, 6.45) is 6.07. The van der Waals surface area contributed by atoms with Crippen LogP contribution < -0.4 is 10.6 Å². The number of hydrogen-bond donors (Lipinski definition) is 3. The average molecular weight is 490 g/mol. The van der Waals surface area contributed by atoms with Crippen molar-refractivity contribution in [3.8, 4) is 0 Å². The number of carbonyl (C=O) groups is 3. The van der Waals surface area contributed by atoms with Gasteiger partial charge in [-0.15, -0.1) is 6.58 Å². The molecule has 1 fully saturated rings. The van der Waals surface area contributed by atoms with Crippen molar-refractivity contribution in [2.75, 3.05) is 12.3 Å². The lowest BCUT2D eigenvalue weighted by molar-refractivity contribution is -0.141. The molecule has 8 heteroatoms.